The molecule has 2 fully saturated rings. The van der Waals surface area contributed by atoms with Gasteiger partial charge in [0, 0.05) is 13.1 Å². The molecule has 0 unspecified atom stereocenters. The molecule has 3 rings (SSSR count). The van der Waals surface area contributed by atoms with Crippen LogP contribution in [0.25, 0.3) is 0 Å². The maximum absolute atomic E-state index is 5.71. The van der Waals surface area contributed by atoms with E-state index < -0.39 is 0 Å². The van der Waals surface area contributed by atoms with Crippen LogP contribution in [-0.4, -0.2) is 15.0 Å². The fraction of sp³-hybridized carbons (Fsp3) is 0.833. The zero-order valence-corrected chi connectivity index (χ0v) is 9.73. The monoisotopic (exact) mass is 220 g/mol. The molecule has 2 aliphatic carbocycles. The Balaban J connectivity index is 1.70. The lowest BCUT2D eigenvalue weighted by molar-refractivity contribution is 0.508. The van der Waals surface area contributed by atoms with E-state index in [-0.39, 0.29) is 0 Å². The molecule has 0 aliphatic heterocycles. The van der Waals surface area contributed by atoms with Crippen molar-refractivity contribution in [3.8, 4) is 0 Å². The van der Waals surface area contributed by atoms with Gasteiger partial charge in [-0.25, -0.2) is 4.68 Å². The number of aromatic nitrogens is 3. The summed E-state index contributed by atoms with van der Waals surface area (Å²) in [7, 11) is 0. The first-order valence-electron chi connectivity index (χ1n) is 6.48. The van der Waals surface area contributed by atoms with Crippen molar-refractivity contribution in [2.75, 3.05) is 0 Å². The van der Waals surface area contributed by atoms with Gasteiger partial charge in [0.15, 0.2) is 0 Å². The predicted octanol–water partition coefficient (Wildman–Crippen LogP) is 1.49. The van der Waals surface area contributed by atoms with E-state index in [4.69, 9.17) is 5.73 Å². The number of aryl methyl sites for hydroxylation is 1. The van der Waals surface area contributed by atoms with Crippen LogP contribution in [0.5, 0.6) is 0 Å². The van der Waals surface area contributed by atoms with E-state index in [2.05, 4.69) is 15.0 Å². The Morgan fingerprint density at radius 3 is 2.56 bits per heavy atom. The topological polar surface area (TPSA) is 56.7 Å². The molecule has 1 heterocycles. The average molecular weight is 220 g/mol. The molecule has 0 amide bonds. The maximum atomic E-state index is 5.71. The third-order valence-electron chi connectivity index (χ3n) is 3.74. The van der Waals surface area contributed by atoms with E-state index >= 15 is 0 Å². The quantitative estimate of drug-likeness (QED) is 0.790. The van der Waals surface area contributed by atoms with Crippen LogP contribution in [0.2, 0.25) is 0 Å². The van der Waals surface area contributed by atoms with Crippen molar-refractivity contribution in [1.82, 2.24) is 15.0 Å². The van der Waals surface area contributed by atoms with Gasteiger partial charge in [-0.3, -0.25) is 0 Å². The third kappa shape index (κ3) is 2.26. The van der Waals surface area contributed by atoms with E-state index in [1.807, 2.05) is 0 Å². The SMILES string of the molecule is NCc1nnn(CCC2CC2)c1CC1CC1. The Kier molecular flexibility index (Phi) is 2.67. The van der Waals surface area contributed by atoms with Gasteiger partial charge >= 0.3 is 0 Å². The molecular formula is C12H20N4. The van der Waals surface area contributed by atoms with Crippen LogP contribution in [-0.2, 0) is 19.5 Å². The summed E-state index contributed by atoms with van der Waals surface area (Å²) in [6.45, 7) is 1.57. The van der Waals surface area contributed by atoms with E-state index in [0.29, 0.717) is 6.54 Å². The highest BCUT2D eigenvalue weighted by Crippen LogP contribution is 2.35. The van der Waals surface area contributed by atoms with Crippen molar-refractivity contribution in [3.05, 3.63) is 11.4 Å². The Labute approximate surface area is 96.2 Å². The lowest BCUT2D eigenvalue weighted by Crippen LogP contribution is -2.09. The van der Waals surface area contributed by atoms with Crippen LogP contribution < -0.4 is 5.73 Å². The normalized spacial score (nSPS) is 20.3. The van der Waals surface area contributed by atoms with Gasteiger partial charge in [-0.05, 0) is 37.5 Å². The molecule has 0 spiro atoms. The van der Waals surface area contributed by atoms with Crippen molar-refractivity contribution in [2.45, 2.75) is 51.6 Å². The summed E-state index contributed by atoms with van der Waals surface area (Å²) in [4.78, 5) is 0. The molecule has 2 N–H and O–H groups in total. The third-order valence-corrected chi connectivity index (χ3v) is 3.74. The Hall–Kier alpha value is -0.900. The highest BCUT2D eigenvalue weighted by molar-refractivity contribution is 5.12. The van der Waals surface area contributed by atoms with Crippen molar-refractivity contribution in [3.63, 3.8) is 0 Å². The summed E-state index contributed by atoms with van der Waals surface area (Å²) in [5.41, 5.74) is 8.04. The van der Waals surface area contributed by atoms with Gasteiger partial charge in [0.05, 0.1) is 11.4 Å². The fourth-order valence-electron chi connectivity index (χ4n) is 2.24. The molecule has 1 aromatic heterocycles. The zero-order chi connectivity index (χ0) is 11.0. The van der Waals surface area contributed by atoms with E-state index in [1.165, 1.54) is 37.8 Å². The van der Waals surface area contributed by atoms with Crippen LogP contribution >= 0.6 is 0 Å². The first-order valence-corrected chi connectivity index (χ1v) is 6.48. The fourth-order valence-corrected chi connectivity index (χ4v) is 2.24. The first kappa shape index (κ1) is 10.3. The lowest BCUT2D eigenvalue weighted by atomic mass is 10.1. The highest BCUT2D eigenvalue weighted by Gasteiger charge is 2.26. The molecule has 16 heavy (non-hydrogen) atoms. The second kappa shape index (κ2) is 4.17. The maximum Gasteiger partial charge on any atom is 0.0994 e. The summed E-state index contributed by atoms with van der Waals surface area (Å²) in [5.74, 6) is 1.84. The van der Waals surface area contributed by atoms with E-state index in [1.54, 1.807) is 0 Å². The van der Waals surface area contributed by atoms with Crippen LogP contribution in [0.4, 0.5) is 0 Å². The first-order chi connectivity index (χ1) is 7.86. The molecule has 4 heteroatoms. The van der Waals surface area contributed by atoms with Crippen molar-refractivity contribution in [2.24, 2.45) is 17.6 Å². The summed E-state index contributed by atoms with van der Waals surface area (Å²) in [6, 6.07) is 0. The zero-order valence-electron chi connectivity index (χ0n) is 9.73. The van der Waals surface area contributed by atoms with Gasteiger partial charge in [-0.15, -0.1) is 5.10 Å². The highest BCUT2D eigenvalue weighted by atomic mass is 15.4. The summed E-state index contributed by atoms with van der Waals surface area (Å²) >= 11 is 0. The largest absolute Gasteiger partial charge is 0.325 e. The standard InChI is InChI=1S/C12H20N4/c13-8-11-12(7-10-3-4-10)16(15-14-11)6-5-9-1-2-9/h9-10H,1-8,13H2. The van der Waals surface area contributed by atoms with Gasteiger partial charge in [0.2, 0.25) is 0 Å². The number of nitrogens with two attached hydrogens (primary N) is 1. The number of hydrogen-bond donors (Lipinski definition) is 1. The second-order valence-electron chi connectivity index (χ2n) is 5.29. The van der Waals surface area contributed by atoms with Crippen molar-refractivity contribution < 1.29 is 0 Å². The Bertz CT molecular complexity index is 363. The van der Waals surface area contributed by atoms with E-state index in [0.717, 1.165) is 30.5 Å². The van der Waals surface area contributed by atoms with Gasteiger partial charge in [0.1, 0.15) is 0 Å². The minimum atomic E-state index is 0.533. The molecule has 0 bridgehead atoms. The summed E-state index contributed by atoms with van der Waals surface area (Å²) in [6.07, 6.45) is 7.98. The molecule has 2 saturated carbocycles. The number of hydrogen-bond acceptors (Lipinski definition) is 3. The Morgan fingerprint density at radius 1 is 1.19 bits per heavy atom. The molecule has 1 aromatic rings. The molecule has 88 valence electrons. The molecule has 0 aromatic carbocycles. The lowest BCUT2D eigenvalue weighted by Gasteiger charge is -2.06. The number of rotatable bonds is 6. The van der Waals surface area contributed by atoms with Gasteiger partial charge in [-0.2, -0.15) is 0 Å². The van der Waals surface area contributed by atoms with Gasteiger partial charge in [-0.1, -0.05) is 18.1 Å². The van der Waals surface area contributed by atoms with Crippen LogP contribution in [0, 0.1) is 11.8 Å². The van der Waals surface area contributed by atoms with Crippen LogP contribution in [0.1, 0.15) is 43.5 Å². The van der Waals surface area contributed by atoms with Crippen molar-refractivity contribution >= 4 is 0 Å². The van der Waals surface area contributed by atoms with Gasteiger partial charge < -0.3 is 5.73 Å². The summed E-state index contributed by atoms with van der Waals surface area (Å²) in [5, 5.41) is 8.46. The van der Waals surface area contributed by atoms with Crippen LogP contribution in [0.15, 0.2) is 0 Å². The van der Waals surface area contributed by atoms with Crippen LogP contribution in [0.3, 0.4) is 0 Å². The second-order valence-corrected chi connectivity index (χ2v) is 5.29. The smallest absolute Gasteiger partial charge is 0.0994 e. The number of nitrogens with zero attached hydrogens (tertiary/aromatic N) is 3. The molecule has 0 radical (unpaired) electrons. The Morgan fingerprint density at radius 2 is 1.94 bits per heavy atom. The molecular weight excluding hydrogens is 200 g/mol. The minimum Gasteiger partial charge on any atom is -0.325 e. The summed E-state index contributed by atoms with van der Waals surface area (Å²) < 4.78 is 2.11. The average Bonchev–Trinajstić information content (AvgIpc) is 3.17. The van der Waals surface area contributed by atoms with E-state index in [9.17, 15) is 0 Å². The molecule has 0 saturated heterocycles. The van der Waals surface area contributed by atoms with Crippen molar-refractivity contribution in [1.29, 1.82) is 0 Å². The minimum absolute atomic E-state index is 0.533. The predicted molar refractivity (Wildman–Crippen MR) is 61.7 cm³/mol. The molecule has 0 atom stereocenters. The molecule has 2 aliphatic rings. The van der Waals surface area contributed by atoms with Gasteiger partial charge in [0.25, 0.3) is 0 Å². The molecule has 4 nitrogen and oxygen atoms in total.